The fourth-order valence-electron chi connectivity index (χ4n) is 3.28. The average molecular weight is 514 g/mol. The second-order valence-electron chi connectivity index (χ2n) is 6.84. The van der Waals surface area contributed by atoms with E-state index in [0.29, 0.717) is 33.7 Å². The highest BCUT2D eigenvalue weighted by Crippen LogP contribution is 2.39. The third kappa shape index (κ3) is 4.13. The van der Waals surface area contributed by atoms with Crippen LogP contribution in [0, 0.1) is 0 Å². The predicted molar refractivity (Wildman–Crippen MR) is 130 cm³/mol. The third-order valence-corrected chi connectivity index (χ3v) is 6.22. The maximum absolute atomic E-state index is 13.2. The second kappa shape index (κ2) is 9.13. The lowest BCUT2D eigenvalue weighted by atomic mass is 10.1. The molecule has 32 heavy (non-hydrogen) atoms. The van der Waals surface area contributed by atoms with Crippen LogP contribution >= 0.6 is 27.3 Å². The Balaban J connectivity index is 1.65. The number of benzene rings is 2. The maximum atomic E-state index is 13.2. The summed E-state index contributed by atoms with van der Waals surface area (Å²) in [6, 6.07) is 11.4. The number of hydrazone groups is 1. The molecule has 7 nitrogen and oxygen atoms in total. The van der Waals surface area contributed by atoms with Crippen molar-refractivity contribution in [1.82, 2.24) is 4.98 Å². The molecule has 1 aromatic heterocycles. The van der Waals surface area contributed by atoms with Crippen LogP contribution in [-0.2, 0) is 4.79 Å². The van der Waals surface area contributed by atoms with Crippen molar-refractivity contribution in [3.05, 3.63) is 57.4 Å². The van der Waals surface area contributed by atoms with Gasteiger partial charge in [0.1, 0.15) is 0 Å². The monoisotopic (exact) mass is 513 g/mol. The van der Waals surface area contributed by atoms with Gasteiger partial charge in [0.15, 0.2) is 11.5 Å². The summed E-state index contributed by atoms with van der Waals surface area (Å²) in [7, 11) is 4.65. The van der Waals surface area contributed by atoms with Gasteiger partial charge in [-0.05, 0) is 42.8 Å². The lowest BCUT2D eigenvalue weighted by molar-refractivity contribution is -0.114. The number of rotatable bonds is 6. The smallest absolute Gasteiger partial charge is 0.282 e. The van der Waals surface area contributed by atoms with Crippen LogP contribution < -0.4 is 19.2 Å². The van der Waals surface area contributed by atoms with Crippen LogP contribution in [0.25, 0.3) is 17.3 Å². The first kappa shape index (κ1) is 22.0. The van der Waals surface area contributed by atoms with Gasteiger partial charge in [-0.1, -0.05) is 28.1 Å². The van der Waals surface area contributed by atoms with E-state index in [0.717, 1.165) is 21.3 Å². The van der Waals surface area contributed by atoms with E-state index in [2.05, 4.69) is 26.0 Å². The Kier molecular flexibility index (Phi) is 6.29. The van der Waals surface area contributed by atoms with Crippen LogP contribution in [0.5, 0.6) is 17.2 Å². The van der Waals surface area contributed by atoms with E-state index < -0.39 is 0 Å². The Morgan fingerprint density at radius 1 is 1.03 bits per heavy atom. The van der Waals surface area contributed by atoms with Crippen LogP contribution in [0.4, 0.5) is 5.13 Å². The molecule has 4 rings (SSSR count). The van der Waals surface area contributed by atoms with Gasteiger partial charge in [0.2, 0.25) is 10.9 Å². The van der Waals surface area contributed by atoms with Gasteiger partial charge in [0.05, 0.1) is 38.3 Å². The number of carbonyl (C=O) groups excluding carboxylic acids is 1. The molecule has 3 aromatic rings. The zero-order chi connectivity index (χ0) is 22.8. The summed E-state index contributed by atoms with van der Waals surface area (Å²) in [5, 5.41) is 8.21. The van der Waals surface area contributed by atoms with Crippen molar-refractivity contribution in [1.29, 1.82) is 0 Å². The van der Waals surface area contributed by atoms with Gasteiger partial charge in [-0.25, -0.2) is 4.98 Å². The van der Waals surface area contributed by atoms with Crippen LogP contribution in [0.3, 0.4) is 0 Å². The zero-order valence-corrected chi connectivity index (χ0v) is 20.3. The molecule has 164 valence electrons. The molecule has 9 heteroatoms. The number of ether oxygens (including phenoxy) is 3. The Hall–Kier alpha value is -3.17. The van der Waals surface area contributed by atoms with Gasteiger partial charge in [0.25, 0.3) is 5.91 Å². The molecule has 0 saturated carbocycles. The predicted octanol–water partition coefficient (Wildman–Crippen LogP) is 5.40. The molecule has 0 fully saturated rings. The van der Waals surface area contributed by atoms with Gasteiger partial charge >= 0.3 is 0 Å². The highest BCUT2D eigenvalue weighted by molar-refractivity contribution is 9.10. The number of aromatic nitrogens is 1. The molecule has 0 spiro atoms. The molecular formula is C23H20BrN3O4S. The van der Waals surface area contributed by atoms with E-state index >= 15 is 0 Å². The van der Waals surface area contributed by atoms with Crippen molar-refractivity contribution < 1.29 is 19.0 Å². The minimum Gasteiger partial charge on any atom is -0.493 e. The first-order chi connectivity index (χ1) is 15.4. The summed E-state index contributed by atoms with van der Waals surface area (Å²) in [6.07, 6.45) is 1.76. The molecule has 0 aliphatic carbocycles. The number of anilines is 1. The second-order valence-corrected chi connectivity index (χ2v) is 8.59. The van der Waals surface area contributed by atoms with Gasteiger partial charge in [-0.2, -0.15) is 10.1 Å². The number of thiazole rings is 1. The summed E-state index contributed by atoms with van der Waals surface area (Å²) in [6.45, 7) is 1.80. The van der Waals surface area contributed by atoms with Gasteiger partial charge in [0, 0.05) is 15.4 Å². The normalized spacial score (nSPS) is 14.7. The van der Waals surface area contributed by atoms with Crippen LogP contribution in [0.1, 0.15) is 12.5 Å². The first-order valence-electron chi connectivity index (χ1n) is 9.58. The van der Waals surface area contributed by atoms with E-state index in [9.17, 15) is 4.79 Å². The molecule has 0 saturated heterocycles. The first-order valence-corrected chi connectivity index (χ1v) is 11.3. The van der Waals surface area contributed by atoms with E-state index in [1.54, 1.807) is 46.5 Å². The molecular weight excluding hydrogens is 494 g/mol. The minimum atomic E-state index is -0.243. The van der Waals surface area contributed by atoms with Crippen molar-refractivity contribution >= 4 is 50.1 Å². The molecule has 0 radical (unpaired) electrons. The van der Waals surface area contributed by atoms with Crippen molar-refractivity contribution in [2.24, 2.45) is 5.10 Å². The molecule has 0 N–H and O–H groups in total. The van der Waals surface area contributed by atoms with Crippen LogP contribution in [0.2, 0.25) is 0 Å². The Morgan fingerprint density at radius 2 is 1.69 bits per heavy atom. The Morgan fingerprint density at radius 3 is 2.28 bits per heavy atom. The summed E-state index contributed by atoms with van der Waals surface area (Å²) in [5.74, 6) is 1.27. The SMILES string of the molecule is COc1cc(C=C2C(=O)N(c3nc(-c4ccc(Br)cc4)cs3)N=C2C)cc(OC)c1OC. The summed E-state index contributed by atoms with van der Waals surface area (Å²) in [4.78, 5) is 17.8. The quantitative estimate of drug-likeness (QED) is 0.412. The molecule has 1 amide bonds. The van der Waals surface area contributed by atoms with Crippen molar-refractivity contribution in [3.63, 3.8) is 0 Å². The lowest BCUT2D eigenvalue weighted by Gasteiger charge is -2.13. The van der Waals surface area contributed by atoms with E-state index in [1.807, 2.05) is 29.6 Å². The molecule has 1 aliphatic heterocycles. The third-order valence-electron chi connectivity index (χ3n) is 4.87. The van der Waals surface area contributed by atoms with E-state index in [4.69, 9.17) is 14.2 Å². The number of halogens is 1. The van der Waals surface area contributed by atoms with Gasteiger partial charge in [-0.3, -0.25) is 4.79 Å². The van der Waals surface area contributed by atoms with Crippen molar-refractivity contribution in [2.45, 2.75) is 6.92 Å². The van der Waals surface area contributed by atoms with Gasteiger partial charge < -0.3 is 14.2 Å². The Bertz CT molecular complexity index is 1210. The zero-order valence-electron chi connectivity index (χ0n) is 17.9. The highest BCUT2D eigenvalue weighted by atomic mass is 79.9. The molecule has 0 unspecified atom stereocenters. The lowest BCUT2D eigenvalue weighted by Crippen LogP contribution is -2.21. The van der Waals surface area contributed by atoms with Crippen LogP contribution in [0.15, 0.2) is 56.9 Å². The molecule has 1 aliphatic rings. The number of hydrogen-bond acceptors (Lipinski definition) is 7. The van der Waals surface area contributed by atoms with E-state index in [1.165, 1.54) is 16.3 Å². The highest BCUT2D eigenvalue weighted by Gasteiger charge is 2.31. The molecule has 0 bridgehead atoms. The number of methoxy groups -OCH3 is 3. The molecule has 0 atom stereocenters. The molecule has 2 heterocycles. The maximum Gasteiger partial charge on any atom is 0.282 e. The number of nitrogens with zero attached hydrogens (tertiary/aromatic N) is 3. The fraction of sp³-hybridized carbons (Fsp3) is 0.174. The average Bonchev–Trinajstić information content (AvgIpc) is 3.39. The summed E-state index contributed by atoms with van der Waals surface area (Å²) < 4.78 is 17.2. The van der Waals surface area contributed by atoms with Crippen molar-refractivity contribution in [2.75, 3.05) is 26.3 Å². The standard InChI is InChI=1S/C23H20BrN3O4S/c1-13-17(9-14-10-19(29-2)21(31-4)20(11-14)30-3)22(28)27(26-13)23-25-18(12-32-23)15-5-7-16(24)8-6-15/h5-12H,1-4H3. The molecule has 2 aromatic carbocycles. The van der Waals surface area contributed by atoms with Crippen LogP contribution in [-0.4, -0.2) is 37.9 Å². The Labute approximate surface area is 198 Å². The van der Waals surface area contributed by atoms with E-state index in [-0.39, 0.29) is 5.91 Å². The number of hydrogen-bond donors (Lipinski definition) is 0. The summed E-state index contributed by atoms with van der Waals surface area (Å²) in [5.41, 5.74) is 3.56. The largest absolute Gasteiger partial charge is 0.493 e. The number of carbonyl (C=O) groups is 1. The minimum absolute atomic E-state index is 0.243. The van der Waals surface area contributed by atoms with Gasteiger partial charge in [-0.15, -0.1) is 11.3 Å². The number of amides is 1. The summed E-state index contributed by atoms with van der Waals surface area (Å²) >= 11 is 4.80. The van der Waals surface area contributed by atoms with Crippen molar-refractivity contribution in [3.8, 4) is 28.5 Å². The fourth-order valence-corrected chi connectivity index (χ4v) is 4.32. The topological polar surface area (TPSA) is 73.2 Å².